The minimum absolute atomic E-state index is 0.0330. The van der Waals surface area contributed by atoms with Crippen LogP contribution in [-0.4, -0.2) is 18.9 Å². The zero-order valence-corrected chi connectivity index (χ0v) is 29.1. The quantitative estimate of drug-likeness (QED) is 0.0799. The zero-order chi connectivity index (χ0) is 24.5. The fraction of sp³-hybridized carbons (Fsp3) is 0.435. The first kappa shape index (κ1) is 27.1. The molecule has 4 fully saturated rings. The van der Waals surface area contributed by atoms with Gasteiger partial charge in [0.2, 0.25) is 0 Å². The van der Waals surface area contributed by atoms with Crippen molar-refractivity contribution >= 4 is 129 Å². The van der Waals surface area contributed by atoms with Gasteiger partial charge in [-0.15, -0.1) is 0 Å². The minimum Gasteiger partial charge on any atom is -0.744 e. The summed E-state index contributed by atoms with van der Waals surface area (Å²) in [5.74, 6) is 2.08. The molecule has 4 aliphatic rings. The predicted molar refractivity (Wildman–Crippen MR) is 169 cm³/mol. The normalized spacial score (nSPS) is 27.8. The van der Waals surface area contributed by atoms with E-state index in [4.69, 9.17) is 4.74 Å². The number of carbonyl (C=O) groups excluding carboxylic acids is 1. The van der Waals surface area contributed by atoms with Gasteiger partial charge in [0.25, 0.3) is 0 Å². The van der Waals surface area contributed by atoms with Crippen LogP contribution in [0.1, 0.15) is 53.9 Å². The highest BCUT2D eigenvalue weighted by Crippen LogP contribution is 2.60. The Morgan fingerprint density at radius 3 is 1.82 bits per heavy atom. The second kappa shape index (κ2) is 10.2. The lowest BCUT2D eigenvalue weighted by atomic mass is 9.51. The summed E-state index contributed by atoms with van der Waals surface area (Å²) in [4.78, 5) is 13.1. The van der Waals surface area contributed by atoms with Gasteiger partial charge < -0.3 is 9.29 Å². The Morgan fingerprint density at radius 1 is 0.824 bits per heavy atom. The van der Waals surface area contributed by atoms with Crippen molar-refractivity contribution in [2.45, 2.75) is 42.9 Å². The van der Waals surface area contributed by atoms with Crippen LogP contribution < -0.4 is 4.74 Å². The molecule has 0 unspecified atom stereocenters. The Morgan fingerprint density at radius 2 is 1.32 bits per heavy atom. The van der Waals surface area contributed by atoms with E-state index in [2.05, 4.69) is 113 Å². The summed E-state index contributed by atoms with van der Waals surface area (Å²) in [5.41, 5.74) is 1.05. The third kappa shape index (κ3) is 4.95. The van der Waals surface area contributed by atoms with Crippen molar-refractivity contribution in [3.05, 3.63) is 47.2 Å². The van der Waals surface area contributed by atoms with Gasteiger partial charge in [-0.05, 0) is 198 Å². The van der Waals surface area contributed by atoms with E-state index in [1.165, 1.54) is 18.6 Å². The Bertz CT molecular complexity index is 1250. The van der Waals surface area contributed by atoms with E-state index in [-0.39, 0.29) is 16.6 Å². The summed E-state index contributed by atoms with van der Waals surface area (Å²) < 4.78 is 47.1. The highest BCUT2D eigenvalue weighted by atomic mass is 127. The van der Waals surface area contributed by atoms with Gasteiger partial charge in [0, 0.05) is 17.9 Å². The van der Waals surface area contributed by atoms with E-state index < -0.39 is 16.1 Å². The van der Waals surface area contributed by atoms with Crippen LogP contribution >= 0.6 is 113 Å². The Hall–Kier alpha value is 1.47. The third-order valence-electron chi connectivity index (χ3n) is 7.46. The first-order valence-corrected chi connectivity index (χ1v) is 17.6. The van der Waals surface area contributed by atoms with Crippen LogP contribution in [0.25, 0.3) is 0 Å². The second-order valence-electron chi connectivity index (χ2n) is 9.44. The number of hydrogen-bond acceptors (Lipinski definition) is 5. The molecule has 0 amide bonds. The maximum absolute atomic E-state index is 13.3. The molecule has 0 spiro atoms. The molecule has 0 aromatic heterocycles. The number of esters is 1. The van der Waals surface area contributed by atoms with Crippen molar-refractivity contribution in [1.29, 1.82) is 0 Å². The van der Waals surface area contributed by atoms with Crippen molar-refractivity contribution in [3.8, 4) is 5.75 Å². The summed E-state index contributed by atoms with van der Waals surface area (Å²) in [6.45, 7) is 0. The number of benzene rings is 2. The van der Waals surface area contributed by atoms with Crippen molar-refractivity contribution in [2.24, 2.45) is 23.7 Å². The Balaban J connectivity index is 1.53. The van der Waals surface area contributed by atoms with E-state index in [0.717, 1.165) is 55.4 Å². The molecule has 34 heavy (non-hydrogen) atoms. The SMILES string of the molecule is O=C(Oc1ccc(S(=O)(=O)[O-])c(C2C3CC4CC(C3)CC2C4)c1)c1c(I)c(I)c(I)c(I)c1I. The lowest BCUT2D eigenvalue weighted by molar-refractivity contribution is -0.00374. The van der Waals surface area contributed by atoms with Crippen LogP contribution in [0.3, 0.4) is 0 Å². The molecule has 182 valence electrons. The zero-order valence-electron chi connectivity index (χ0n) is 17.5. The summed E-state index contributed by atoms with van der Waals surface area (Å²) in [7, 11) is -4.64. The predicted octanol–water partition coefficient (Wildman–Crippen LogP) is 7.37. The second-order valence-corrected chi connectivity index (χ2v) is 16.2. The van der Waals surface area contributed by atoms with Crippen LogP contribution in [0, 0.1) is 41.5 Å². The smallest absolute Gasteiger partial charge is 0.345 e. The molecule has 6 rings (SSSR count). The highest BCUT2D eigenvalue weighted by Gasteiger charge is 2.49. The van der Waals surface area contributed by atoms with Crippen LogP contribution in [0.4, 0.5) is 0 Å². The van der Waals surface area contributed by atoms with Gasteiger partial charge in [-0.2, -0.15) is 0 Å². The maximum Gasteiger partial charge on any atom is 0.345 e. The molecule has 11 heteroatoms. The standard InChI is InChI=1S/C23H19I5O5S/c24-18-17(19(25)21(27)22(28)20(18)26)23(29)33-13-1-2-15(34(30,31)32)14(8-13)16-11-4-9-3-10(6-11)7-12(16)5-9/h1-2,8-12,16H,3-7H2,(H,30,31,32)/p-1. The minimum atomic E-state index is -4.64. The molecular formula is C23H18I5O5S-. The van der Waals surface area contributed by atoms with Crippen molar-refractivity contribution in [1.82, 2.24) is 0 Å². The van der Waals surface area contributed by atoms with Crippen molar-refractivity contribution in [3.63, 3.8) is 0 Å². The number of halogens is 5. The van der Waals surface area contributed by atoms with E-state index in [9.17, 15) is 17.8 Å². The highest BCUT2D eigenvalue weighted by molar-refractivity contribution is 14.1. The molecule has 0 saturated heterocycles. The molecule has 0 heterocycles. The summed E-state index contributed by atoms with van der Waals surface area (Å²) in [6.07, 6.45) is 5.66. The molecule has 2 aromatic carbocycles. The lowest BCUT2D eigenvalue weighted by Crippen LogP contribution is -2.44. The van der Waals surface area contributed by atoms with Crippen LogP contribution in [0.15, 0.2) is 23.1 Å². The topological polar surface area (TPSA) is 83.5 Å². The van der Waals surface area contributed by atoms with Crippen molar-refractivity contribution in [2.75, 3.05) is 0 Å². The summed E-state index contributed by atoms with van der Waals surface area (Å²) >= 11 is 11.1. The molecule has 0 atom stereocenters. The molecule has 0 N–H and O–H groups in total. The van der Waals surface area contributed by atoms with Gasteiger partial charge in [0.1, 0.15) is 15.9 Å². The van der Waals surface area contributed by atoms with E-state index in [0.29, 0.717) is 23.0 Å². The molecule has 2 aromatic rings. The number of hydrogen-bond donors (Lipinski definition) is 0. The van der Waals surface area contributed by atoms with E-state index in [1.54, 1.807) is 6.07 Å². The average molecular weight is 1040 g/mol. The molecular weight excluding hydrogens is 1020 g/mol. The molecule has 0 aliphatic heterocycles. The van der Waals surface area contributed by atoms with Gasteiger partial charge >= 0.3 is 5.97 Å². The third-order valence-corrected chi connectivity index (χ3v) is 17.9. The van der Waals surface area contributed by atoms with Crippen LogP contribution in [0.2, 0.25) is 0 Å². The number of ether oxygens (including phenoxy) is 1. The first-order valence-electron chi connectivity index (χ1n) is 10.8. The van der Waals surface area contributed by atoms with E-state index >= 15 is 0 Å². The maximum atomic E-state index is 13.3. The van der Waals surface area contributed by atoms with E-state index in [1.807, 2.05) is 0 Å². The molecule has 0 radical (unpaired) electrons. The number of carbonyl (C=O) groups is 1. The van der Waals surface area contributed by atoms with Gasteiger partial charge in [0.05, 0.1) is 10.5 Å². The lowest BCUT2D eigenvalue weighted by Gasteiger charge is -2.55. The molecule has 4 saturated carbocycles. The van der Waals surface area contributed by atoms with Crippen LogP contribution in [0.5, 0.6) is 5.75 Å². The monoisotopic (exact) mass is 1040 g/mol. The first-order chi connectivity index (χ1) is 16.0. The molecule has 4 aliphatic carbocycles. The number of rotatable bonds is 4. The van der Waals surface area contributed by atoms with Gasteiger partial charge in [-0.1, -0.05) is 0 Å². The fourth-order valence-electron chi connectivity index (χ4n) is 6.45. The van der Waals surface area contributed by atoms with Gasteiger partial charge in [-0.25, -0.2) is 13.2 Å². The van der Waals surface area contributed by atoms with Crippen LogP contribution in [-0.2, 0) is 10.1 Å². The largest absolute Gasteiger partial charge is 0.744 e. The van der Waals surface area contributed by atoms with Gasteiger partial charge in [0.15, 0.2) is 0 Å². The Kier molecular flexibility index (Phi) is 8.13. The molecule has 4 bridgehead atoms. The molecule has 5 nitrogen and oxygen atoms in total. The summed E-state index contributed by atoms with van der Waals surface area (Å²) in [5, 5.41) is 0. The van der Waals surface area contributed by atoms with Gasteiger partial charge in [-0.3, -0.25) is 0 Å². The average Bonchev–Trinajstić information content (AvgIpc) is 2.75. The summed E-state index contributed by atoms with van der Waals surface area (Å²) in [6, 6.07) is 4.42. The fourth-order valence-corrected chi connectivity index (χ4v) is 12.4. The van der Waals surface area contributed by atoms with Crippen molar-refractivity contribution < 1.29 is 22.5 Å². The Labute approximate surface area is 267 Å².